The van der Waals surface area contributed by atoms with Gasteiger partial charge in [0.2, 0.25) is 0 Å². The molecule has 0 saturated carbocycles. The van der Waals surface area contributed by atoms with Crippen LogP contribution in [-0.4, -0.2) is 91.3 Å². The Balaban J connectivity index is 1.43. The summed E-state index contributed by atoms with van der Waals surface area (Å²) in [6.07, 6.45) is 0.483. The van der Waals surface area contributed by atoms with Crippen LogP contribution in [-0.2, 0) is 6.54 Å². The molecule has 0 aliphatic carbocycles. The molecule has 0 radical (unpaired) electrons. The number of rotatable bonds is 8. The Hall–Kier alpha value is -1.28. The van der Waals surface area contributed by atoms with Crippen molar-refractivity contribution in [3.8, 4) is 5.75 Å². The molecule has 0 aromatic heterocycles. The van der Waals surface area contributed by atoms with Gasteiger partial charge in [0.15, 0.2) is 0 Å². The van der Waals surface area contributed by atoms with Crippen molar-refractivity contribution >= 4 is 0 Å². The lowest BCUT2D eigenvalue weighted by Gasteiger charge is -2.36. The van der Waals surface area contributed by atoms with Crippen LogP contribution >= 0.6 is 0 Å². The quantitative estimate of drug-likeness (QED) is 0.729. The summed E-state index contributed by atoms with van der Waals surface area (Å²) in [5.41, 5.74) is 0.379. The summed E-state index contributed by atoms with van der Waals surface area (Å²) in [5, 5.41) is 10.9. The molecule has 5 nitrogen and oxygen atoms in total. The zero-order chi connectivity index (χ0) is 20.2. The van der Waals surface area contributed by atoms with Gasteiger partial charge in [-0.15, -0.1) is 0 Å². The fourth-order valence-corrected chi connectivity index (χ4v) is 3.95. The van der Waals surface area contributed by atoms with E-state index in [4.69, 9.17) is 4.74 Å². The second-order valence-electron chi connectivity index (χ2n) is 8.61. The molecule has 2 fully saturated rings. The molecular weight excluding hydrogens is 364 g/mol. The van der Waals surface area contributed by atoms with Gasteiger partial charge in [-0.1, -0.05) is 12.1 Å². The molecule has 1 aromatic carbocycles. The van der Waals surface area contributed by atoms with Gasteiger partial charge in [-0.05, 0) is 38.2 Å². The molecule has 0 amide bonds. The van der Waals surface area contributed by atoms with E-state index in [2.05, 4.69) is 21.9 Å². The van der Waals surface area contributed by atoms with Crippen molar-refractivity contribution in [1.82, 2.24) is 14.7 Å². The lowest BCUT2D eigenvalue weighted by molar-refractivity contribution is -0.0724. The average Bonchev–Trinajstić information content (AvgIpc) is 2.99. The van der Waals surface area contributed by atoms with Crippen LogP contribution in [0.2, 0.25) is 0 Å². The molecule has 0 bridgehead atoms. The van der Waals surface area contributed by atoms with Crippen molar-refractivity contribution < 1.29 is 18.6 Å². The highest BCUT2D eigenvalue weighted by Crippen LogP contribution is 2.30. The predicted octanol–water partition coefficient (Wildman–Crippen LogP) is 2.29. The van der Waals surface area contributed by atoms with Crippen molar-refractivity contribution in [1.29, 1.82) is 0 Å². The molecular formula is C21H33F2N3O2. The smallest absolute Gasteiger partial charge is 0.250 e. The van der Waals surface area contributed by atoms with Gasteiger partial charge in [-0.2, -0.15) is 0 Å². The fraction of sp³-hybridized carbons (Fsp3) is 0.714. The number of hydrogen-bond acceptors (Lipinski definition) is 5. The molecule has 2 aliphatic rings. The summed E-state index contributed by atoms with van der Waals surface area (Å²) < 4.78 is 32.4. The first kappa shape index (κ1) is 21.4. The molecule has 2 saturated heterocycles. The van der Waals surface area contributed by atoms with Crippen LogP contribution in [0.5, 0.6) is 5.75 Å². The van der Waals surface area contributed by atoms with Crippen molar-refractivity contribution in [3.63, 3.8) is 0 Å². The summed E-state index contributed by atoms with van der Waals surface area (Å²) >= 11 is 0. The number of likely N-dealkylation sites (N-methyl/N-ethyl adjacent to an activating group) is 1. The number of benzene rings is 1. The zero-order valence-electron chi connectivity index (χ0n) is 17.0. The van der Waals surface area contributed by atoms with E-state index in [1.165, 1.54) is 5.56 Å². The minimum Gasteiger partial charge on any atom is -0.492 e. The molecule has 3 rings (SSSR count). The number of β-amino-alcohol motifs (C(OH)–C–C–N with tert-alkyl or cyclic N) is 1. The van der Waals surface area contributed by atoms with Gasteiger partial charge in [0.05, 0.1) is 5.60 Å². The van der Waals surface area contributed by atoms with Gasteiger partial charge in [0, 0.05) is 58.7 Å². The van der Waals surface area contributed by atoms with E-state index in [9.17, 15) is 13.9 Å². The number of aliphatic hydroxyl groups is 1. The number of hydrogen-bond donors (Lipinski definition) is 1. The van der Waals surface area contributed by atoms with Crippen LogP contribution in [0.1, 0.15) is 24.8 Å². The molecule has 0 unspecified atom stereocenters. The van der Waals surface area contributed by atoms with Gasteiger partial charge in [0.1, 0.15) is 12.4 Å². The van der Waals surface area contributed by atoms with E-state index in [0.29, 0.717) is 39.2 Å². The van der Waals surface area contributed by atoms with Gasteiger partial charge >= 0.3 is 0 Å². The van der Waals surface area contributed by atoms with Crippen LogP contribution in [0.4, 0.5) is 8.78 Å². The highest BCUT2D eigenvalue weighted by atomic mass is 19.3. The summed E-state index contributed by atoms with van der Waals surface area (Å²) in [6, 6.07) is 8.10. The van der Waals surface area contributed by atoms with E-state index >= 15 is 0 Å². The minimum absolute atomic E-state index is 0.101. The third-order valence-corrected chi connectivity index (χ3v) is 5.65. The Labute approximate surface area is 166 Å². The third kappa shape index (κ3) is 6.37. The number of halogens is 2. The maximum Gasteiger partial charge on any atom is 0.250 e. The van der Waals surface area contributed by atoms with Crippen LogP contribution < -0.4 is 4.74 Å². The number of alkyl halides is 2. The number of piperidine rings is 1. The number of likely N-dealkylation sites (tertiary alicyclic amines) is 2. The Bertz CT molecular complexity index is 617. The number of nitrogens with zero attached hydrogens (tertiary/aromatic N) is 3. The van der Waals surface area contributed by atoms with Crippen LogP contribution in [0, 0.1) is 0 Å². The molecule has 2 aliphatic heterocycles. The minimum atomic E-state index is -2.54. The normalized spacial score (nSPS) is 26.1. The average molecular weight is 398 g/mol. The molecule has 158 valence electrons. The largest absolute Gasteiger partial charge is 0.492 e. The van der Waals surface area contributed by atoms with Crippen LogP contribution in [0.25, 0.3) is 0 Å². The van der Waals surface area contributed by atoms with Gasteiger partial charge in [0.25, 0.3) is 5.92 Å². The summed E-state index contributed by atoms with van der Waals surface area (Å²) in [7, 11) is 4.04. The van der Waals surface area contributed by atoms with Crippen molar-refractivity contribution in [3.05, 3.63) is 29.8 Å². The van der Waals surface area contributed by atoms with Crippen molar-refractivity contribution in [2.45, 2.75) is 37.3 Å². The second kappa shape index (κ2) is 9.03. The first-order valence-electron chi connectivity index (χ1n) is 10.1. The summed E-state index contributed by atoms with van der Waals surface area (Å²) in [6.45, 7) is 4.94. The number of ether oxygens (including phenoxy) is 1. The third-order valence-electron chi connectivity index (χ3n) is 5.65. The topological polar surface area (TPSA) is 39.2 Å². The monoisotopic (exact) mass is 397 g/mol. The molecule has 2 heterocycles. The SMILES string of the molecule is CN(C)CCOc1ccc(CN2CC[C@@](O)(CN3CCC(F)(F)CC3)C2)cc1. The van der Waals surface area contributed by atoms with Crippen LogP contribution in [0.15, 0.2) is 24.3 Å². The van der Waals surface area contributed by atoms with Crippen molar-refractivity contribution in [2.24, 2.45) is 0 Å². The van der Waals surface area contributed by atoms with Crippen LogP contribution in [0.3, 0.4) is 0 Å². The molecule has 1 atom stereocenters. The molecule has 7 heteroatoms. The Morgan fingerprint density at radius 3 is 2.32 bits per heavy atom. The first-order chi connectivity index (χ1) is 13.2. The molecule has 1 aromatic rings. The predicted molar refractivity (Wildman–Crippen MR) is 106 cm³/mol. The maximum absolute atomic E-state index is 13.3. The Kier molecular flexibility index (Phi) is 6.91. The van der Waals surface area contributed by atoms with E-state index in [-0.39, 0.29) is 12.8 Å². The van der Waals surface area contributed by atoms with E-state index in [1.807, 2.05) is 31.1 Å². The van der Waals surface area contributed by atoms with E-state index in [1.54, 1.807) is 0 Å². The molecule has 1 N–H and O–H groups in total. The van der Waals surface area contributed by atoms with Crippen molar-refractivity contribution in [2.75, 3.05) is 60.0 Å². The first-order valence-corrected chi connectivity index (χ1v) is 10.1. The summed E-state index contributed by atoms with van der Waals surface area (Å²) in [5.74, 6) is -1.67. The Morgan fingerprint density at radius 1 is 1.04 bits per heavy atom. The second-order valence-corrected chi connectivity index (χ2v) is 8.61. The van der Waals surface area contributed by atoms with E-state index in [0.717, 1.165) is 25.4 Å². The summed E-state index contributed by atoms with van der Waals surface area (Å²) in [4.78, 5) is 6.31. The highest BCUT2D eigenvalue weighted by Gasteiger charge is 2.40. The maximum atomic E-state index is 13.3. The van der Waals surface area contributed by atoms with Gasteiger partial charge in [-0.25, -0.2) is 8.78 Å². The van der Waals surface area contributed by atoms with Gasteiger partial charge in [-0.3, -0.25) is 9.80 Å². The molecule has 28 heavy (non-hydrogen) atoms. The molecule has 0 spiro atoms. The Morgan fingerprint density at radius 2 is 1.68 bits per heavy atom. The van der Waals surface area contributed by atoms with E-state index < -0.39 is 11.5 Å². The standard InChI is InChI=1S/C21H33F2N3O2/c1-24(2)13-14-28-19-5-3-18(4-6-19)15-26-10-7-20(27,17-26)16-25-11-8-21(22,23)9-12-25/h3-6,27H,7-17H2,1-2H3/t20-/m1/s1. The zero-order valence-corrected chi connectivity index (χ0v) is 17.0. The lowest BCUT2D eigenvalue weighted by Crippen LogP contribution is -2.49. The van der Waals surface area contributed by atoms with Gasteiger partial charge < -0.3 is 14.7 Å². The fourth-order valence-electron chi connectivity index (χ4n) is 3.95. The lowest BCUT2D eigenvalue weighted by atomic mass is 10.00. The highest BCUT2D eigenvalue weighted by molar-refractivity contribution is 5.27.